The highest BCUT2D eigenvalue weighted by Gasteiger charge is 2.47. The van der Waals surface area contributed by atoms with E-state index in [0.29, 0.717) is 22.1 Å². The van der Waals surface area contributed by atoms with E-state index in [9.17, 15) is 23.1 Å². The van der Waals surface area contributed by atoms with Crippen LogP contribution in [0.15, 0.2) is 50.8 Å². The van der Waals surface area contributed by atoms with Crippen molar-refractivity contribution < 1.29 is 22.7 Å². The van der Waals surface area contributed by atoms with E-state index < -0.39 is 22.8 Å². The van der Waals surface area contributed by atoms with Gasteiger partial charge in [0.05, 0.1) is 10.6 Å². The summed E-state index contributed by atoms with van der Waals surface area (Å²) in [7, 11) is 0. The molecule has 0 unspecified atom stereocenters. The fourth-order valence-corrected chi connectivity index (χ4v) is 5.15. The predicted octanol–water partition coefficient (Wildman–Crippen LogP) is 6.18. The smallest absolute Gasteiger partial charge is 0.417 e. The van der Waals surface area contributed by atoms with Crippen molar-refractivity contribution in [3.63, 3.8) is 0 Å². The number of aromatic nitrogens is 1. The van der Waals surface area contributed by atoms with Crippen molar-refractivity contribution in [2.24, 2.45) is 0 Å². The molecular formula is C24H22F3NO3S. The van der Waals surface area contributed by atoms with Crippen LogP contribution in [0, 0.1) is 20.8 Å². The molecular weight excluding hydrogens is 439 g/mol. The third-order valence-corrected chi connectivity index (χ3v) is 7.03. The zero-order valence-electron chi connectivity index (χ0n) is 17.8. The molecule has 0 spiro atoms. The van der Waals surface area contributed by atoms with Crippen molar-refractivity contribution in [3.05, 3.63) is 75.0 Å². The molecule has 1 N–H and O–H groups in total. The van der Waals surface area contributed by atoms with Gasteiger partial charge in [-0.15, -0.1) is 11.8 Å². The van der Waals surface area contributed by atoms with Gasteiger partial charge in [0.2, 0.25) is 0 Å². The Labute approximate surface area is 187 Å². The SMILES string of the molecule is Cc1cc(C)c(-c2c(O)cc(C3(CSc4ccc(C(F)(F)F)cn4)CC3)oc2=O)c(C)c1. The molecule has 0 radical (unpaired) electrons. The monoisotopic (exact) mass is 461 g/mol. The van der Waals surface area contributed by atoms with Crippen LogP contribution in [0.25, 0.3) is 11.1 Å². The second-order valence-corrected chi connectivity index (χ2v) is 9.38. The number of aromatic hydroxyl groups is 1. The summed E-state index contributed by atoms with van der Waals surface area (Å²) in [5.41, 5.74) is 1.80. The van der Waals surface area contributed by atoms with Gasteiger partial charge in [-0.2, -0.15) is 13.2 Å². The topological polar surface area (TPSA) is 63.3 Å². The van der Waals surface area contributed by atoms with Crippen molar-refractivity contribution >= 4 is 11.8 Å². The fraction of sp³-hybridized carbons (Fsp3) is 0.333. The maximum Gasteiger partial charge on any atom is 0.417 e. The maximum absolute atomic E-state index is 12.9. The average Bonchev–Trinajstić information content (AvgIpc) is 3.48. The van der Waals surface area contributed by atoms with Crippen molar-refractivity contribution in [1.82, 2.24) is 4.98 Å². The lowest BCUT2D eigenvalue weighted by atomic mass is 9.93. The number of aryl methyl sites for hydroxylation is 3. The van der Waals surface area contributed by atoms with Gasteiger partial charge in [0.15, 0.2) is 0 Å². The van der Waals surface area contributed by atoms with Crippen LogP contribution in [0.5, 0.6) is 5.75 Å². The van der Waals surface area contributed by atoms with Crippen LogP contribution in [0.3, 0.4) is 0 Å². The quantitative estimate of drug-likeness (QED) is 0.460. The lowest BCUT2D eigenvalue weighted by Gasteiger charge is -2.16. The summed E-state index contributed by atoms with van der Waals surface area (Å²) in [6.07, 6.45) is -2.10. The van der Waals surface area contributed by atoms with Crippen LogP contribution in [-0.2, 0) is 11.6 Å². The number of benzene rings is 1. The third-order valence-electron chi connectivity index (χ3n) is 5.79. The Balaban J connectivity index is 1.59. The Morgan fingerprint density at radius 1 is 1.09 bits per heavy atom. The van der Waals surface area contributed by atoms with Crippen LogP contribution in [0.4, 0.5) is 13.2 Å². The zero-order valence-corrected chi connectivity index (χ0v) is 18.7. The summed E-state index contributed by atoms with van der Waals surface area (Å²) >= 11 is 1.30. The summed E-state index contributed by atoms with van der Waals surface area (Å²) in [5.74, 6) is 0.746. The molecule has 1 aliphatic rings. The van der Waals surface area contributed by atoms with Crippen LogP contribution < -0.4 is 5.63 Å². The third kappa shape index (κ3) is 4.28. The van der Waals surface area contributed by atoms with E-state index in [-0.39, 0.29) is 11.3 Å². The van der Waals surface area contributed by atoms with E-state index in [1.807, 2.05) is 32.9 Å². The summed E-state index contributed by atoms with van der Waals surface area (Å²) < 4.78 is 43.8. The van der Waals surface area contributed by atoms with Gasteiger partial charge in [-0.1, -0.05) is 17.7 Å². The van der Waals surface area contributed by atoms with Crippen molar-refractivity contribution in [1.29, 1.82) is 0 Å². The number of hydrogen-bond donors (Lipinski definition) is 1. The predicted molar refractivity (Wildman–Crippen MR) is 117 cm³/mol. The molecule has 0 bridgehead atoms. The Morgan fingerprint density at radius 3 is 2.25 bits per heavy atom. The maximum atomic E-state index is 12.9. The standard InChI is InChI=1S/C24H22F3NO3S/c1-13-8-14(2)20(15(3)9-13)21-17(29)10-18(31-22(21)30)23(6-7-23)12-32-19-5-4-16(11-28-19)24(25,26)27/h4-5,8-11,29H,6-7,12H2,1-3H3. The number of alkyl halides is 3. The number of rotatable bonds is 5. The molecule has 4 nitrogen and oxygen atoms in total. The number of pyridine rings is 1. The zero-order chi connectivity index (χ0) is 23.3. The highest BCUT2D eigenvalue weighted by atomic mass is 32.2. The lowest BCUT2D eigenvalue weighted by Crippen LogP contribution is -2.15. The lowest BCUT2D eigenvalue weighted by molar-refractivity contribution is -0.137. The summed E-state index contributed by atoms with van der Waals surface area (Å²) in [6, 6.07) is 7.74. The van der Waals surface area contributed by atoms with E-state index in [0.717, 1.165) is 41.8 Å². The van der Waals surface area contributed by atoms with Gasteiger partial charge in [-0.3, -0.25) is 0 Å². The second-order valence-electron chi connectivity index (χ2n) is 8.38. The molecule has 4 rings (SSSR count). The first-order chi connectivity index (χ1) is 15.0. The summed E-state index contributed by atoms with van der Waals surface area (Å²) in [6.45, 7) is 5.74. The number of halogens is 3. The van der Waals surface area contributed by atoms with E-state index in [1.54, 1.807) is 0 Å². The molecule has 1 fully saturated rings. The van der Waals surface area contributed by atoms with Crippen LogP contribution >= 0.6 is 11.8 Å². The molecule has 1 aliphatic carbocycles. The van der Waals surface area contributed by atoms with Crippen molar-refractivity contribution in [3.8, 4) is 16.9 Å². The Morgan fingerprint density at radius 2 is 1.75 bits per heavy atom. The molecule has 2 heterocycles. The van der Waals surface area contributed by atoms with E-state index >= 15 is 0 Å². The highest BCUT2D eigenvalue weighted by Crippen LogP contribution is 2.52. The van der Waals surface area contributed by atoms with E-state index in [4.69, 9.17) is 4.42 Å². The Kier molecular flexibility index (Phi) is 5.61. The van der Waals surface area contributed by atoms with Gasteiger partial charge in [0.25, 0.3) is 0 Å². The minimum atomic E-state index is -4.43. The molecule has 168 valence electrons. The molecule has 3 aromatic rings. The molecule has 2 aromatic heterocycles. The highest BCUT2D eigenvalue weighted by molar-refractivity contribution is 7.99. The normalized spacial score (nSPS) is 15.1. The molecule has 0 atom stereocenters. The molecule has 0 amide bonds. The van der Waals surface area contributed by atoms with Gasteiger partial charge < -0.3 is 9.52 Å². The summed E-state index contributed by atoms with van der Waals surface area (Å²) in [5, 5.41) is 11.2. The number of hydrogen-bond acceptors (Lipinski definition) is 5. The number of nitrogens with zero attached hydrogens (tertiary/aromatic N) is 1. The van der Waals surface area contributed by atoms with Gasteiger partial charge >= 0.3 is 11.8 Å². The fourth-order valence-electron chi connectivity index (χ4n) is 4.01. The Hall–Kier alpha value is -2.74. The van der Waals surface area contributed by atoms with Crippen molar-refractivity contribution in [2.75, 3.05) is 5.75 Å². The van der Waals surface area contributed by atoms with Crippen molar-refractivity contribution in [2.45, 2.75) is 50.2 Å². The molecule has 8 heteroatoms. The van der Waals surface area contributed by atoms with Crippen LogP contribution in [0.2, 0.25) is 0 Å². The molecule has 0 aliphatic heterocycles. The first-order valence-corrected chi connectivity index (χ1v) is 11.1. The minimum absolute atomic E-state index is 0.129. The molecule has 1 aromatic carbocycles. The molecule has 0 saturated heterocycles. The molecule has 32 heavy (non-hydrogen) atoms. The van der Waals surface area contributed by atoms with Gasteiger partial charge in [0, 0.05) is 23.4 Å². The summed E-state index contributed by atoms with van der Waals surface area (Å²) in [4.78, 5) is 16.8. The van der Waals surface area contributed by atoms with Crippen LogP contribution in [-0.4, -0.2) is 15.8 Å². The van der Waals surface area contributed by atoms with Crippen LogP contribution in [0.1, 0.15) is 40.9 Å². The van der Waals surface area contributed by atoms with Gasteiger partial charge in [0.1, 0.15) is 17.1 Å². The average molecular weight is 462 g/mol. The second kappa shape index (κ2) is 7.99. The van der Waals surface area contributed by atoms with Gasteiger partial charge in [-0.05, 0) is 62.4 Å². The van der Waals surface area contributed by atoms with E-state index in [2.05, 4.69) is 4.98 Å². The van der Waals surface area contributed by atoms with Gasteiger partial charge in [-0.25, -0.2) is 9.78 Å². The first-order valence-electron chi connectivity index (χ1n) is 10.1. The molecule has 1 saturated carbocycles. The Bertz CT molecular complexity index is 1210. The largest absolute Gasteiger partial charge is 0.507 e. The first kappa shape index (κ1) is 22.5. The number of thioether (sulfide) groups is 1. The van der Waals surface area contributed by atoms with E-state index in [1.165, 1.54) is 23.9 Å². The minimum Gasteiger partial charge on any atom is -0.507 e.